The minimum atomic E-state index is 0.602. The number of hydrogen-bond donors (Lipinski definition) is 1. The van der Waals surface area contributed by atoms with E-state index in [0.717, 1.165) is 11.0 Å². The summed E-state index contributed by atoms with van der Waals surface area (Å²) in [6, 6.07) is 0.602. The smallest absolute Gasteiger partial charge is 0.182 e. The summed E-state index contributed by atoms with van der Waals surface area (Å²) >= 11 is 1.68. The molecule has 1 aliphatic carbocycles. The number of hydrogen-bond acceptors (Lipinski definition) is 3. The van der Waals surface area contributed by atoms with Gasteiger partial charge in [0.15, 0.2) is 5.13 Å². The van der Waals surface area contributed by atoms with Crippen LogP contribution in [-0.4, -0.2) is 11.0 Å². The summed E-state index contributed by atoms with van der Waals surface area (Å²) in [5.74, 6) is 0.883. The Labute approximate surface area is 77.0 Å². The Morgan fingerprint density at radius 1 is 1.67 bits per heavy atom. The molecule has 0 spiro atoms. The summed E-state index contributed by atoms with van der Waals surface area (Å²) in [6.07, 6.45) is 6.04. The molecule has 0 radical (unpaired) electrons. The van der Waals surface area contributed by atoms with Gasteiger partial charge in [-0.3, -0.25) is 0 Å². The van der Waals surface area contributed by atoms with Gasteiger partial charge in [-0.15, -0.1) is 11.3 Å². The monoisotopic (exact) mass is 182 g/mol. The van der Waals surface area contributed by atoms with Crippen molar-refractivity contribution in [3.8, 4) is 0 Å². The van der Waals surface area contributed by atoms with Crippen molar-refractivity contribution in [1.29, 1.82) is 0 Å². The minimum absolute atomic E-state index is 0.602. The molecule has 0 aromatic carbocycles. The molecule has 0 bridgehead atoms. The van der Waals surface area contributed by atoms with E-state index >= 15 is 0 Å². The topological polar surface area (TPSA) is 24.9 Å². The fourth-order valence-corrected chi connectivity index (χ4v) is 2.17. The maximum Gasteiger partial charge on any atom is 0.182 e. The Kier molecular flexibility index (Phi) is 2.30. The predicted octanol–water partition coefficient (Wildman–Crippen LogP) is 2.74. The molecule has 1 heterocycles. The lowest BCUT2D eigenvalue weighted by molar-refractivity contribution is 0.285. The highest BCUT2D eigenvalue weighted by atomic mass is 32.1. The van der Waals surface area contributed by atoms with Crippen LogP contribution in [0.5, 0.6) is 0 Å². The van der Waals surface area contributed by atoms with E-state index in [4.69, 9.17) is 0 Å². The number of anilines is 1. The van der Waals surface area contributed by atoms with Crippen LogP contribution in [0.25, 0.3) is 0 Å². The van der Waals surface area contributed by atoms with Crippen LogP contribution in [-0.2, 0) is 0 Å². The van der Waals surface area contributed by atoms with Crippen molar-refractivity contribution in [3.05, 3.63) is 11.6 Å². The fourth-order valence-electron chi connectivity index (χ4n) is 1.55. The van der Waals surface area contributed by atoms with Crippen molar-refractivity contribution in [1.82, 2.24) is 4.98 Å². The first-order chi connectivity index (χ1) is 5.86. The Balaban J connectivity index is 1.86. The summed E-state index contributed by atoms with van der Waals surface area (Å²) in [4.78, 5) is 4.20. The molecule has 12 heavy (non-hydrogen) atoms. The van der Waals surface area contributed by atoms with E-state index in [2.05, 4.69) is 17.2 Å². The molecule has 0 saturated heterocycles. The lowest BCUT2D eigenvalue weighted by Gasteiger charge is -2.31. The molecule has 1 N–H and O–H groups in total. The Bertz CT molecular complexity index is 229. The van der Waals surface area contributed by atoms with Gasteiger partial charge < -0.3 is 5.32 Å². The van der Waals surface area contributed by atoms with Gasteiger partial charge in [0.05, 0.1) is 0 Å². The molecule has 2 rings (SSSR count). The molecule has 3 heteroatoms. The highest BCUT2D eigenvalue weighted by Gasteiger charge is 2.23. The second kappa shape index (κ2) is 3.44. The molecule has 1 saturated carbocycles. The third-order valence-electron chi connectivity index (χ3n) is 2.64. The zero-order chi connectivity index (χ0) is 8.39. The van der Waals surface area contributed by atoms with Gasteiger partial charge in [-0.25, -0.2) is 4.98 Å². The standard InChI is InChI=1S/C9H14N2S/c1-7(8-3-2-4-8)11-9-10-5-6-12-9/h5-8H,2-4H2,1H3,(H,10,11). The number of rotatable bonds is 3. The largest absolute Gasteiger partial charge is 0.359 e. The maximum atomic E-state index is 4.20. The van der Waals surface area contributed by atoms with Crippen LogP contribution in [0.3, 0.4) is 0 Å². The predicted molar refractivity (Wildman–Crippen MR) is 52.5 cm³/mol. The molecule has 66 valence electrons. The second-order valence-corrected chi connectivity index (χ2v) is 4.36. The van der Waals surface area contributed by atoms with Gasteiger partial charge in [0.1, 0.15) is 0 Å². The average molecular weight is 182 g/mol. The van der Waals surface area contributed by atoms with Gasteiger partial charge >= 0.3 is 0 Å². The van der Waals surface area contributed by atoms with E-state index in [-0.39, 0.29) is 0 Å². The summed E-state index contributed by atoms with van der Waals surface area (Å²) in [7, 11) is 0. The Morgan fingerprint density at radius 3 is 3.00 bits per heavy atom. The van der Waals surface area contributed by atoms with Gasteiger partial charge in [0, 0.05) is 17.6 Å². The minimum Gasteiger partial charge on any atom is -0.359 e. The molecule has 1 aliphatic rings. The summed E-state index contributed by atoms with van der Waals surface area (Å²) < 4.78 is 0. The zero-order valence-electron chi connectivity index (χ0n) is 7.29. The first-order valence-corrected chi connectivity index (χ1v) is 5.40. The number of nitrogens with zero attached hydrogens (tertiary/aromatic N) is 1. The van der Waals surface area contributed by atoms with Crippen LogP contribution >= 0.6 is 11.3 Å². The van der Waals surface area contributed by atoms with Crippen molar-refractivity contribution in [2.45, 2.75) is 32.2 Å². The van der Waals surface area contributed by atoms with Crippen molar-refractivity contribution in [3.63, 3.8) is 0 Å². The van der Waals surface area contributed by atoms with Gasteiger partial charge in [-0.1, -0.05) is 6.42 Å². The first kappa shape index (κ1) is 8.05. The summed E-state index contributed by atoms with van der Waals surface area (Å²) in [5, 5.41) is 6.51. The van der Waals surface area contributed by atoms with Gasteiger partial charge in [0.25, 0.3) is 0 Å². The molecular formula is C9H14N2S. The number of aromatic nitrogens is 1. The van der Waals surface area contributed by atoms with Crippen LogP contribution in [0.2, 0.25) is 0 Å². The molecule has 1 fully saturated rings. The number of thiazole rings is 1. The van der Waals surface area contributed by atoms with Crippen LogP contribution < -0.4 is 5.32 Å². The SMILES string of the molecule is CC(Nc1nccs1)C1CCC1. The molecule has 1 unspecified atom stereocenters. The van der Waals surface area contributed by atoms with Crippen LogP contribution in [0.1, 0.15) is 26.2 Å². The molecular weight excluding hydrogens is 168 g/mol. The number of nitrogens with one attached hydrogen (secondary N) is 1. The molecule has 1 atom stereocenters. The van der Waals surface area contributed by atoms with E-state index < -0.39 is 0 Å². The highest BCUT2D eigenvalue weighted by molar-refractivity contribution is 7.13. The Morgan fingerprint density at radius 2 is 2.50 bits per heavy atom. The lowest BCUT2D eigenvalue weighted by atomic mass is 9.80. The van der Waals surface area contributed by atoms with Crippen LogP contribution in [0.15, 0.2) is 11.6 Å². The molecule has 1 aromatic heterocycles. The van der Waals surface area contributed by atoms with Crippen LogP contribution in [0.4, 0.5) is 5.13 Å². The van der Waals surface area contributed by atoms with E-state index in [9.17, 15) is 0 Å². The van der Waals surface area contributed by atoms with Crippen LogP contribution in [0, 0.1) is 5.92 Å². The Hall–Kier alpha value is -0.570. The third-order valence-corrected chi connectivity index (χ3v) is 3.34. The van der Waals surface area contributed by atoms with Crippen molar-refractivity contribution < 1.29 is 0 Å². The summed E-state index contributed by atoms with van der Waals surface area (Å²) in [5.41, 5.74) is 0. The van der Waals surface area contributed by atoms with Gasteiger partial charge in [0.2, 0.25) is 0 Å². The second-order valence-electron chi connectivity index (χ2n) is 3.46. The fraction of sp³-hybridized carbons (Fsp3) is 0.667. The maximum absolute atomic E-state index is 4.20. The highest BCUT2D eigenvalue weighted by Crippen LogP contribution is 2.31. The average Bonchev–Trinajstić information content (AvgIpc) is 2.34. The van der Waals surface area contributed by atoms with Crippen molar-refractivity contribution in [2.75, 3.05) is 5.32 Å². The van der Waals surface area contributed by atoms with Crippen molar-refractivity contribution >= 4 is 16.5 Å². The lowest BCUT2D eigenvalue weighted by Crippen LogP contribution is -2.30. The zero-order valence-corrected chi connectivity index (χ0v) is 8.10. The quantitative estimate of drug-likeness (QED) is 0.777. The summed E-state index contributed by atoms with van der Waals surface area (Å²) in [6.45, 7) is 2.26. The molecule has 1 aromatic rings. The van der Waals surface area contributed by atoms with E-state index in [1.807, 2.05) is 11.6 Å². The molecule has 0 amide bonds. The van der Waals surface area contributed by atoms with E-state index in [0.29, 0.717) is 6.04 Å². The normalized spacial score (nSPS) is 20.1. The molecule has 2 nitrogen and oxygen atoms in total. The van der Waals surface area contributed by atoms with Gasteiger partial charge in [-0.2, -0.15) is 0 Å². The van der Waals surface area contributed by atoms with E-state index in [1.54, 1.807) is 11.3 Å². The first-order valence-electron chi connectivity index (χ1n) is 4.52. The third kappa shape index (κ3) is 1.61. The van der Waals surface area contributed by atoms with Gasteiger partial charge in [-0.05, 0) is 25.7 Å². The van der Waals surface area contributed by atoms with E-state index in [1.165, 1.54) is 19.3 Å². The molecule has 0 aliphatic heterocycles. The van der Waals surface area contributed by atoms with Crippen molar-refractivity contribution in [2.24, 2.45) is 5.92 Å².